The summed E-state index contributed by atoms with van der Waals surface area (Å²) in [5, 5.41) is 18.4. The first-order valence-electron chi connectivity index (χ1n) is 5.58. The Morgan fingerprint density at radius 2 is 1.67 bits per heavy atom. The van der Waals surface area contributed by atoms with Crippen molar-refractivity contribution in [2.75, 3.05) is 14.2 Å². The zero-order valence-electron chi connectivity index (χ0n) is 10.7. The Balaban J connectivity index is 3.10. The minimum Gasteiger partial charge on any atom is -0.508 e. The zero-order chi connectivity index (χ0) is 13.7. The number of phenolic OH excluding ortho intramolecular Hbond substituents is 1. The lowest BCUT2D eigenvalue weighted by molar-refractivity contribution is -0.154. The van der Waals surface area contributed by atoms with Crippen LogP contribution in [-0.2, 0) is 14.3 Å². The lowest BCUT2D eigenvalue weighted by Crippen LogP contribution is -2.31. The smallest absolute Gasteiger partial charge is 0.307 e. The molecule has 1 aromatic rings. The van der Waals surface area contributed by atoms with Crippen molar-refractivity contribution in [1.29, 1.82) is 0 Å². The van der Waals surface area contributed by atoms with Crippen LogP contribution in [0.25, 0.3) is 0 Å². The molecule has 5 nitrogen and oxygen atoms in total. The Kier molecular flexibility index (Phi) is 5.12. The van der Waals surface area contributed by atoms with Gasteiger partial charge < -0.3 is 19.7 Å². The van der Waals surface area contributed by atoms with E-state index in [1.54, 1.807) is 19.1 Å². The van der Waals surface area contributed by atoms with Gasteiger partial charge in [0.05, 0.1) is 5.92 Å². The van der Waals surface area contributed by atoms with E-state index >= 15 is 0 Å². The summed E-state index contributed by atoms with van der Waals surface area (Å²) in [7, 11) is 2.94. The van der Waals surface area contributed by atoms with Gasteiger partial charge in [0, 0.05) is 20.1 Å². The summed E-state index contributed by atoms with van der Waals surface area (Å²) in [6, 6.07) is 6.37. The molecule has 0 saturated heterocycles. The van der Waals surface area contributed by atoms with E-state index < -0.39 is 24.1 Å². The van der Waals surface area contributed by atoms with Crippen LogP contribution in [0.2, 0.25) is 0 Å². The number of hydrogen-bond acceptors (Lipinski definition) is 4. The van der Waals surface area contributed by atoms with Crippen LogP contribution < -0.4 is 0 Å². The molecule has 2 unspecified atom stereocenters. The van der Waals surface area contributed by atoms with E-state index in [1.165, 1.54) is 26.4 Å². The Morgan fingerprint density at radius 3 is 2.06 bits per heavy atom. The third-order valence-corrected chi connectivity index (χ3v) is 2.96. The number of methoxy groups -OCH3 is 2. The van der Waals surface area contributed by atoms with E-state index in [4.69, 9.17) is 14.6 Å². The van der Waals surface area contributed by atoms with E-state index in [0.29, 0.717) is 0 Å². The number of hydrogen-bond donors (Lipinski definition) is 2. The molecule has 0 spiro atoms. The molecule has 0 radical (unpaired) electrons. The molecule has 1 rings (SSSR count). The number of rotatable bonds is 6. The highest BCUT2D eigenvalue weighted by molar-refractivity contribution is 5.71. The first-order valence-corrected chi connectivity index (χ1v) is 5.58. The maximum Gasteiger partial charge on any atom is 0.307 e. The minimum atomic E-state index is -0.924. The number of aliphatic carboxylic acids is 1. The Bertz CT molecular complexity index is 383. The van der Waals surface area contributed by atoms with Crippen LogP contribution in [0.15, 0.2) is 24.3 Å². The van der Waals surface area contributed by atoms with Gasteiger partial charge in [0.2, 0.25) is 0 Å². The maximum absolute atomic E-state index is 11.2. The summed E-state index contributed by atoms with van der Waals surface area (Å²) in [6.07, 6.45) is -0.652. The van der Waals surface area contributed by atoms with Crippen molar-refractivity contribution in [1.82, 2.24) is 0 Å². The molecule has 2 atom stereocenters. The van der Waals surface area contributed by atoms with Gasteiger partial charge in [0.1, 0.15) is 5.75 Å². The van der Waals surface area contributed by atoms with Crippen molar-refractivity contribution in [3.63, 3.8) is 0 Å². The summed E-state index contributed by atoms with van der Waals surface area (Å²) >= 11 is 0. The maximum atomic E-state index is 11.2. The van der Waals surface area contributed by atoms with E-state index in [2.05, 4.69) is 0 Å². The summed E-state index contributed by atoms with van der Waals surface area (Å²) in [5.41, 5.74) is 0.747. The molecule has 0 bridgehead atoms. The number of aromatic hydroxyl groups is 1. The fraction of sp³-hybridized carbons (Fsp3) is 0.462. The minimum absolute atomic E-state index is 0.131. The highest BCUT2D eigenvalue weighted by Gasteiger charge is 2.32. The number of benzene rings is 1. The molecule has 18 heavy (non-hydrogen) atoms. The van der Waals surface area contributed by atoms with Crippen LogP contribution >= 0.6 is 0 Å². The van der Waals surface area contributed by atoms with Crippen molar-refractivity contribution in [3.8, 4) is 5.75 Å². The number of phenols is 1. The van der Waals surface area contributed by atoms with E-state index in [1.807, 2.05) is 0 Å². The Labute approximate surface area is 106 Å². The molecule has 0 fully saturated rings. The average Bonchev–Trinajstić information content (AvgIpc) is 2.36. The van der Waals surface area contributed by atoms with E-state index in [9.17, 15) is 9.90 Å². The van der Waals surface area contributed by atoms with E-state index in [-0.39, 0.29) is 5.75 Å². The molecule has 0 heterocycles. The van der Waals surface area contributed by atoms with Crippen LogP contribution in [0.3, 0.4) is 0 Å². The van der Waals surface area contributed by atoms with Crippen molar-refractivity contribution in [3.05, 3.63) is 29.8 Å². The van der Waals surface area contributed by atoms with Crippen molar-refractivity contribution in [2.24, 2.45) is 5.92 Å². The summed E-state index contributed by atoms with van der Waals surface area (Å²) in [4.78, 5) is 11.2. The van der Waals surface area contributed by atoms with Crippen LogP contribution in [0.5, 0.6) is 5.75 Å². The van der Waals surface area contributed by atoms with Crippen molar-refractivity contribution < 1.29 is 24.5 Å². The van der Waals surface area contributed by atoms with Gasteiger partial charge in [-0.3, -0.25) is 4.79 Å². The fourth-order valence-corrected chi connectivity index (χ4v) is 1.92. The molecule has 0 aliphatic rings. The third-order valence-electron chi connectivity index (χ3n) is 2.96. The second-order valence-electron chi connectivity index (χ2n) is 4.08. The van der Waals surface area contributed by atoms with Gasteiger partial charge in [0.15, 0.2) is 6.29 Å². The molecular weight excluding hydrogens is 236 g/mol. The third kappa shape index (κ3) is 3.21. The van der Waals surface area contributed by atoms with Gasteiger partial charge in [0.25, 0.3) is 0 Å². The highest BCUT2D eigenvalue weighted by Crippen LogP contribution is 2.31. The molecule has 2 N–H and O–H groups in total. The molecule has 5 heteroatoms. The fourth-order valence-electron chi connectivity index (χ4n) is 1.92. The monoisotopic (exact) mass is 254 g/mol. The first kappa shape index (κ1) is 14.5. The van der Waals surface area contributed by atoms with Crippen LogP contribution in [0.4, 0.5) is 0 Å². The SMILES string of the molecule is COC(OC)C(c1ccc(O)cc1)C(C)C(=O)O. The number of ether oxygens (including phenoxy) is 2. The number of carboxylic acid groups (broad SMARTS) is 1. The number of carbonyl (C=O) groups is 1. The lowest BCUT2D eigenvalue weighted by Gasteiger charge is -2.28. The van der Waals surface area contributed by atoms with Gasteiger partial charge >= 0.3 is 5.97 Å². The molecule has 0 amide bonds. The topological polar surface area (TPSA) is 76.0 Å². The molecule has 0 aliphatic heterocycles. The second kappa shape index (κ2) is 6.37. The summed E-state index contributed by atoms with van der Waals surface area (Å²) in [5.74, 6) is -1.91. The van der Waals surface area contributed by atoms with Crippen LogP contribution in [-0.4, -0.2) is 36.7 Å². The highest BCUT2D eigenvalue weighted by atomic mass is 16.7. The average molecular weight is 254 g/mol. The second-order valence-corrected chi connectivity index (χ2v) is 4.08. The molecule has 0 saturated carbocycles. The Hall–Kier alpha value is -1.59. The quantitative estimate of drug-likeness (QED) is 0.757. The van der Waals surface area contributed by atoms with Gasteiger partial charge in [-0.25, -0.2) is 0 Å². The van der Waals surface area contributed by atoms with Gasteiger partial charge in [-0.2, -0.15) is 0 Å². The molecule has 0 aromatic heterocycles. The van der Waals surface area contributed by atoms with Gasteiger partial charge in [-0.15, -0.1) is 0 Å². The lowest BCUT2D eigenvalue weighted by atomic mass is 9.86. The molecule has 0 aliphatic carbocycles. The largest absolute Gasteiger partial charge is 0.508 e. The van der Waals surface area contributed by atoms with E-state index in [0.717, 1.165) is 5.56 Å². The zero-order valence-corrected chi connectivity index (χ0v) is 10.7. The predicted molar refractivity (Wildman–Crippen MR) is 65.5 cm³/mol. The predicted octanol–water partition coefficient (Wildman–Crippen LogP) is 1.82. The normalized spacial score (nSPS) is 14.4. The Morgan fingerprint density at radius 1 is 1.17 bits per heavy atom. The molecule has 100 valence electrons. The number of carboxylic acids is 1. The summed E-state index contributed by atoms with van der Waals surface area (Å²) in [6.45, 7) is 1.60. The molecular formula is C13H18O5. The van der Waals surface area contributed by atoms with Gasteiger partial charge in [-0.05, 0) is 17.7 Å². The first-order chi connectivity index (χ1) is 8.51. The van der Waals surface area contributed by atoms with Crippen LogP contribution in [0.1, 0.15) is 18.4 Å². The molecule has 1 aromatic carbocycles. The summed E-state index contributed by atoms with van der Waals surface area (Å²) < 4.78 is 10.3. The van der Waals surface area contributed by atoms with Crippen LogP contribution in [0, 0.1) is 5.92 Å². The van der Waals surface area contributed by atoms with Gasteiger partial charge in [-0.1, -0.05) is 19.1 Å². The standard InChI is InChI=1S/C13H18O5/c1-8(12(15)16)11(13(17-2)18-3)9-4-6-10(14)7-5-9/h4-8,11,13-14H,1-3H3,(H,15,16). The van der Waals surface area contributed by atoms with Crippen molar-refractivity contribution >= 4 is 5.97 Å². The van der Waals surface area contributed by atoms with Crippen molar-refractivity contribution in [2.45, 2.75) is 19.1 Å².